The van der Waals surface area contributed by atoms with E-state index in [1.165, 1.54) is 0 Å². The lowest BCUT2D eigenvalue weighted by atomic mass is 10.2. The van der Waals surface area contributed by atoms with E-state index in [0.717, 1.165) is 33.7 Å². The number of aryl methyl sites for hydroxylation is 2. The second-order valence-corrected chi connectivity index (χ2v) is 6.74. The average molecular weight is 380 g/mol. The Balaban J connectivity index is 1.58. The Labute approximate surface area is 166 Å². The van der Waals surface area contributed by atoms with Crippen LogP contribution in [0.2, 0.25) is 0 Å². The third kappa shape index (κ3) is 2.85. The summed E-state index contributed by atoms with van der Waals surface area (Å²) in [5.41, 5.74) is 5.82. The number of fused-ring (bicyclic) bond motifs is 2. The van der Waals surface area contributed by atoms with E-state index in [1.807, 2.05) is 48.8 Å². The molecule has 8 heteroatoms. The summed E-state index contributed by atoms with van der Waals surface area (Å²) in [6.07, 6.45) is 7.41. The molecule has 29 heavy (non-hydrogen) atoms. The third-order valence-electron chi connectivity index (χ3n) is 4.82. The highest BCUT2D eigenvalue weighted by Crippen LogP contribution is 2.24. The Bertz CT molecular complexity index is 1400. The van der Waals surface area contributed by atoms with Gasteiger partial charge in [0.2, 0.25) is 5.95 Å². The molecule has 0 fully saturated rings. The first kappa shape index (κ1) is 16.9. The molecule has 5 aromatic rings. The fraction of sp³-hybridized carbons (Fsp3) is 0.0952. The lowest BCUT2D eigenvalue weighted by molar-refractivity contribution is 0.877. The van der Waals surface area contributed by atoms with Crippen LogP contribution in [0.25, 0.3) is 27.2 Å². The molecule has 0 aliphatic heterocycles. The minimum atomic E-state index is 0.485. The van der Waals surface area contributed by atoms with Crippen LogP contribution < -0.4 is 5.32 Å². The van der Waals surface area contributed by atoms with Crippen molar-refractivity contribution in [2.24, 2.45) is 0 Å². The van der Waals surface area contributed by atoms with Gasteiger partial charge >= 0.3 is 0 Å². The van der Waals surface area contributed by atoms with Crippen LogP contribution in [0.4, 0.5) is 17.3 Å². The molecule has 0 amide bonds. The van der Waals surface area contributed by atoms with Crippen LogP contribution in [-0.4, -0.2) is 29.1 Å². The Morgan fingerprint density at radius 1 is 1.10 bits per heavy atom. The number of hydrogen-bond acceptors (Lipinski definition) is 5. The number of nitrogens with one attached hydrogen (secondary N) is 1. The van der Waals surface area contributed by atoms with Gasteiger partial charge in [0.15, 0.2) is 11.3 Å². The maximum Gasteiger partial charge on any atom is 0.229 e. The third-order valence-corrected chi connectivity index (χ3v) is 4.82. The van der Waals surface area contributed by atoms with Crippen LogP contribution in [0.15, 0.2) is 55.1 Å². The molecule has 0 radical (unpaired) electrons. The number of aromatic nitrogens is 6. The number of pyridine rings is 1. The van der Waals surface area contributed by atoms with Gasteiger partial charge in [0.05, 0.1) is 29.0 Å². The van der Waals surface area contributed by atoms with Crippen molar-refractivity contribution in [3.63, 3.8) is 0 Å². The van der Waals surface area contributed by atoms with E-state index in [9.17, 15) is 0 Å². The second-order valence-electron chi connectivity index (χ2n) is 6.74. The fourth-order valence-corrected chi connectivity index (χ4v) is 3.26. The summed E-state index contributed by atoms with van der Waals surface area (Å²) >= 11 is 0. The van der Waals surface area contributed by atoms with Crippen LogP contribution in [0.1, 0.15) is 11.3 Å². The number of rotatable bonds is 3. The number of anilines is 2. The van der Waals surface area contributed by atoms with E-state index in [4.69, 9.17) is 11.6 Å². The Morgan fingerprint density at radius 3 is 2.72 bits per heavy atom. The largest absolute Gasteiger partial charge is 0.323 e. The normalized spacial score (nSPS) is 11.1. The van der Waals surface area contributed by atoms with Crippen molar-refractivity contribution in [3.8, 4) is 5.69 Å². The zero-order valence-electron chi connectivity index (χ0n) is 15.8. The number of nitrogens with zero attached hydrogens (tertiary/aromatic N) is 7. The van der Waals surface area contributed by atoms with Crippen molar-refractivity contribution in [2.75, 3.05) is 5.32 Å². The van der Waals surface area contributed by atoms with Gasteiger partial charge in [-0.1, -0.05) is 12.1 Å². The van der Waals surface area contributed by atoms with E-state index in [1.54, 1.807) is 29.2 Å². The Morgan fingerprint density at radius 2 is 1.93 bits per heavy atom. The van der Waals surface area contributed by atoms with Crippen molar-refractivity contribution in [2.45, 2.75) is 13.8 Å². The van der Waals surface area contributed by atoms with Gasteiger partial charge in [0, 0.05) is 24.8 Å². The number of imidazole rings is 1. The van der Waals surface area contributed by atoms with E-state index < -0.39 is 0 Å². The van der Waals surface area contributed by atoms with Crippen LogP contribution in [0.5, 0.6) is 0 Å². The second kappa shape index (κ2) is 6.42. The molecule has 0 aliphatic carbocycles. The highest BCUT2D eigenvalue weighted by atomic mass is 15.3. The van der Waals surface area contributed by atoms with Crippen molar-refractivity contribution in [1.82, 2.24) is 29.1 Å². The molecule has 140 valence electrons. The Kier molecular flexibility index (Phi) is 3.74. The van der Waals surface area contributed by atoms with E-state index >= 15 is 0 Å². The maximum absolute atomic E-state index is 7.11. The number of benzene rings is 1. The lowest BCUT2D eigenvalue weighted by Gasteiger charge is -2.09. The van der Waals surface area contributed by atoms with Gasteiger partial charge in [-0.25, -0.2) is 19.5 Å². The molecule has 0 unspecified atom stereocenters. The molecule has 0 saturated heterocycles. The molecule has 0 aliphatic rings. The van der Waals surface area contributed by atoms with Crippen molar-refractivity contribution in [3.05, 3.63) is 77.8 Å². The Hall–Kier alpha value is -4.25. The minimum absolute atomic E-state index is 0.485. The first-order chi connectivity index (χ1) is 14.1. The molecule has 1 N–H and O–H groups in total. The first-order valence-corrected chi connectivity index (χ1v) is 9.03. The van der Waals surface area contributed by atoms with Gasteiger partial charge in [-0.3, -0.25) is 0 Å². The molecule has 8 nitrogen and oxygen atoms in total. The van der Waals surface area contributed by atoms with Crippen LogP contribution in [0, 0.1) is 20.4 Å². The van der Waals surface area contributed by atoms with Gasteiger partial charge < -0.3 is 9.72 Å². The summed E-state index contributed by atoms with van der Waals surface area (Å²) in [6.45, 7) is 11.1. The zero-order valence-corrected chi connectivity index (χ0v) is 15.8. The van der Waals surface area contributed by atoms with Crippen molar-refractivity contribution in [1.29, 1.82) is 0 Å². The van der Waals surface area contributed by atoms with Gasteiger partial charge in [0.1, 0.15) is 5.65 Å². The smallest absolute Gasteiger partial charge is 0.229 e. The molecular formula is C21H16N8. The maximum atomic E-state index is 7.11. The zero-order chi connectivity index (χ0) is 20.0. The molecule has 1 aromatic carbocycles. The predicted molar refractivity (Wildman–Crippen MR) is 111 cm³/mol. The van der Waals surface area contributed by atoms with Crippen molar-refractivity contribution < 1.29 is 0 Å². The van der Waals surface area contributed by atoms with Crippen LogP contribution in [-0.2, 0) is 0 Å². The predicted octanol–water partition coefficient (Wildman–Crippen LogP) is 4.37. The molecule has 0 spiro atoms. The van der Waals surface area contributed by atoms with E-state index in [-0.39, 0.29) is 0 Å². The molecule has 5 rings (SSSR count). The van der Waals surface area contributed by atoms with E-state index in [0.29, 0.717) is 17.3 Å². The first-order valence-electron chi connectivity index (χ1n) is 9.03. The lowest BCUT2D eigenvalue weighted by Crippen LogP contribution is -2.03. The SMILES string of the molecule is [C-]#[N+]c1ccc(-n2nc(C)c3cnc(Nc4cn5ccnc5cc4C)nc32)cc1. The van der Waals surface area contributed by atoms with Gasteiger partial charge in [0.25, 0.3) is 0 Å². The highest BCUT2D eigenvalue weighted by molar-refractivity contribution is 5.80. The molecule has 0 saturated carbocycles. The summed E-state index contributed by atoms with van der Waals surface area (Å²) in [7, 11) is 0. The summed E-state index contributed by atoms with van der Waals surface area (Å²) in [6, 6.07) is 9.29. The van der Waals surface area contributed by atoms with Gasteiger partial charge in [-0.15, -0.1) is 0 Å². The summed E-state index contributed by atoms with van der Waals surface area (Å²) in [5.74, 6) is 0.485. The fourth-order valence-electron chi connectivity index (χ4n) is 3.26. The molecule has 0 atom stereocenters. The van der Waals surface area contributed by atoms with E-state index in [2.05, 4.69) is 25.2 Å². The van der Waals surface area contributed by atoms with Crippen LogP contribution >= 0.6 is 0 Å². The monoisotopic (exact) mass is 380 g/mol. The van der Waals surface area contributed by atoms with Gasteiger partial charge in [-0.05, 0) is 37.6 Å². The molecular weight excluding hydrogens is 364 g/mol. The van der Waals surface area contributed by atoms with Crippen molar-refractivity contribution >= 4 is 34.0 Å². The topological polar surface area (TPSA) is 77.3 Å². The molecule has 4 aromatic heterocycles. The summed E-state index contributed by atoms with van der Waals surface area (Å²) in [4.78, 5) is 16.9. The van der Waals surface area contributed by atoms with Crippen LogP contribution in [0.3, 0.4) is 0 Å². The summed E-state index contributed by atoms with van der Waals surface area (Å²) in [5, 5.41) is 8.79. The standard InChI is InChI=1S/C21H16N8/c1-13-10-19-23-8-9-28(19)12-18(13)25-21-24-11-17-14(2)27-29(20(17)26-21)16-6-4-15(22-3)5-7-16/h4-12H,1-2H3,(H,24,25,26). The quantitative estimate of drug-likeness (QED) is 0.470. The molecule has 0 bridgehead atoms. The minimum Gasteiger partial charge on any atom is -0.323 e. The number of hydrogen-bond donors (Lipinski definition) is 1. The van der Waals surface area contributed by atoms with Gasteiger partial charge in [-0.2, -0.15) is 10.1 Å². The highest BCUT2D eigenvalue weighted by Gasteiger charge is 2.13. The average Bonchev–Trinajstić information content (AvgIpc) is 3.32. The molecule has 4 heterocycles. The summed E-state index contributed by atoms with van der Waals surface area (Å²) < 4.78 is 3.72.